The molecule has 3 rings (SSSR count). The van der Waals surface area contributed by atoms with Crippen LogP contribution in [-0.2, 0) is 11.3 Å². The number of carbonyl (C=O) groups excluding carboxylic acids is 1. The first-order valence-electron chi connectivity index (χ1n) is 9.06. The first-order chi connectivity index (χ1) is 13.5. The van der Waals surface area contributed by atoms with Gasteiger partial charge in [-0.3, -0.25) is 4.79 Å². The van der Waals surface area contributed by atoms with Crippen molar-refractivity contribution in [3.63, 3.8) is 0 Å². The van der Waals surface area contributed by atoms with Gasteiger partial charge >= 0.3 is 0 Å². The molecule has 0 aliphatic heterocycles. The number of carbonyl (C=O) groups is 1. The van der Waals surface area contributed by atoms with Crippen molar-refractivity contribution in [2.45, 2.75) is 39.8 Å². The van der Waals surface area contributed by atoms with Crippen molar-refractivity contribution in [2.24, 2.45) is 0 Å². The average Bonchev–Trinajstić information content (AvgIpc) is 3.12. The summed E-state index contributed by atoms with van der Waals surface area (Å²) in [6.07, 6.45) is -0.0692. The molecule has 0 saturated heterocycles. The van der Waals surface area contributed by atoms with E-state index in [1.165, 1.54) is 0 Å². The molecule has 0 spiro atoms. The van der Waals surface area contributed by atoms with Crippen LogP contribution in [0.5, 0.6) is 5.75 Å². The fraction of sp³-hybridized carbons (Fsp3) is 0.286. The molecule has 0 aliphatic rings. The van der Waals surface area contributed by atoms with Crippen molar-refractivity contribution in [2.75, 3.05) is 0 Å². The van der Waals surface area contributed by atoms with Crippen LogP contribution >= 0.6 is 11.6 Å². The van der Waals surface area contributed by atoms with Gasteiger partial charge in [-0.2, -0.15) is 4.98 Å². The molecule has 0 aliphatic carbocycles. The van der Waals surface area contributed by atoms with Crippen molar-refractivity contribution in [1.82, 2.24) is 15.5 Å². The largest absolute Gasteiger partial charge is 0.481 e. The van der Waals surface area contributed by atoms with E-state index in [2.05, 4.69) is 21.5 Å². The number of nitrogens with zero attached hydrogens (tertiary/aromatic N) is 2. The fourth-order valence-electron chi connectivity index (χ4n) is 2.84. The molecule has 1 N–H and O–H groups in total. The Balaban J connectivity index is 1.62. The Morgan fingerprint density at radius 3 is 2.61 bits per heavy atom. The third-order valence-electron chi connectivity index (χ3n) is 4.13. The monoisotopic (exact) mass is 399 g/mol. The van der Waals surface area contributed by atoms with Crippen LogP contribution in [0.15, 0.2) is 47.0 Å². The van der Waals surface area contributed by atoms with E-state index >= 15 is 0 Å². The third-order valence-corrected chi connectivity index (χ3v) is 4.46. The van der Waals surface area contributed by atoms with Crippen LogP contribution in [0.4, 0.5) is 0 Å². The zero-order valence-electron chi connectivity index (χ0n) is 16.0. The lowest BCUT2D eigenvalue weighted by Crippen LogP contribution is -2.37. The second-order valence-electron chi connectivity index (χ2n) is 6.55. The summed E-state index contributed by atoms with van der Waals surface area (Å²) in [5.74, 6) is 1.12. The number of nitrogens with one attached hydrogen (secondary N) is 1. The van der Waals surface area contributed by atoms with Crippen molar-refractivity contribution in [1.29, 1.82) is 0 Å². The minimum Gasteiger partial charge on any atom is -0.481 e. The summed E-state index contributed by atoms with van der Waals surface area (Å²) in [4.78, 5) is 16.8. The number of benzene rings is 2. The topological polar surface area (TPSA) is 77.2 Å². The summed E-state index contributed by atoms with van der Waals surface area (Å²) in [5, 5.41) is 7.24. The zero-order chi connectivity index (χ0) is 20.1. The van der Waals surface area contributed by atoms with Crippen LogP contribution in [0, 0.1) is 13.8 Å². The van der Waals surface area contributed by atoms with Gasteiger partial charge in [0.25, 0.3) is 5.91 Å². The van der Waals surface area contributed by atoms with Gasteiger partial charge in [-0.25, -0.2) is 0 Å². The SMILES string of the molecule is CCC(Oc1cc(C)cc(C)c1)C(=O)NCc1nc(-c2ccccc2Cl)no1. The van der Waals surface area contributed by atoms with Crippen LogP contribution in [0.25, 0.3) is 11.4 Å². The average molecular weight is 400 g/mol. The quantitative estimate of drug-likeness (QED) is 0.633. The lowest BCUT2D eigenvalue weighted by atomic mass is 10.1. The van der Waals surface area contributed by atoms with E-state index in [0.29, 0.717) is 34.5 Å². The van der Waals surface area contributed by atoms with Crippen molar-refractivity contribution in [3.8, 4) is 17.1 Å². The highest BCUT2D eigenvalue weighted by molar-refractivity contribution is 6.33. The number of hydrogen-bond acceptors (Lipinski definition) is 5. The van der Waals surface area contributed by atoms with E-state index in [-0.39, 0.29) is 12.5 Å². The standard InChI is InChI=1S/C21H22ClN3O3/c1-4-18(27-15-10-13(2)9-14(3)11-15)21(26)23-12-19-24-20(25-28-19)16-7-5-6-8-17(16)22/h5-11,18H,4,12H2,1-3H3,(H,23,26). The van der Waals surface area contributed by atoms with Gasteiger partial charge < -0.3 is 14.6 Å². The van der Waals surface area contributed by atoms with Gasteiger partial charge in [0, 0.05) is 5.56 Å². The minimum atomic E-state index is -0.604. The van der Waals surface area contributed by atoms with Gasteiger partial charge in [0.05, 0.1) is 11.6 Å². The first kappa shape index (κ1) is 19.9. The Bertz CT molecular complexity index is 951. The van der Waals surface area contributed by atoms with E-state index in [0.717, 1.165) is 11.1 Å². The maximum atomic E-state index is 12.5. The van der Waals surface area contributed by atoms with Gasteiger partial charge in [-0.15, -0.1) is 0 Å². The van der Waals surface area contributed by atoms with E-state index in [1.54, 1.807) is 12.1 Å². The number of aryl methyl sites for hydroxylation is 2. The van der Waals surface area contributed by atoms with Crippen molar-refractivity contribution >= 4 is 17.5 Å². The number of halogens is 1. The van der Waals surface area contributed by atoms with E-state index in [9.17, 15) is 4.79 Å². The highest BCUT2D eigenvalue weighted by Crippen LogP contribution is 2.24. The molecule has 1 atom stereocenters. The summed E-state index contributed by atoms with van der Waals surface area (Å²) < 4.78 is 11.1. The van der Waals surface area contributed by atoms with Gasteiger partial charge in [0.2, 0.25) is 11.7 Å². The molecular formula is C21H22ClN3O3. The molecule has 28 heavy (non-hydrogen) atoms. The molecule has 0 saturated carbocycles. The molecule has 1 amide bonds. The summed E-state index contributed by atoms with van der Waals surface area (Å²) in [6, 6.07) is 13.1. The van der Waals surface area contributed by atoms with Crippen molar-refractivity contribution < 1.29 is 14.1 Å². The predicted octanol–water partition coefficient (Wildman–Crippen LogP) is 4.48. The van der Waals surface area contributed by atoms with Gasteiger partial charge in [0.1, 0.15) is 5.75 Å². The van der Waals surface area contributed by atoms with Gasteiger partial charge in [0.15, 0.2) is 6.10 Å². The molecule has 6 nitrogen and oxygen atoms in total. The lowest BCUT2D eigenvalue weighted by molar-refractivity contribution is -0.128. The van der Waals surface area contributed by atoms with Gasteiger partial charge in [-0.1, -0.05) is 41.9 Å². The maximum Gasteiger partial charge on any atom is 0.261 e. The molecule has 0 radical (unpaired) electrons. The highest BCUT2D eigenvalue weighted by atomic mass is 35.5. The zero-order valence-corrected chi connectivity index (χ0v) is 16.8. The summed E-state index contributed by atoms with van der Waals surface area (Å²) in [5.41, 5.74) is 2.85. The minimum absolute atomic E-state index is 0.114. The summed E-state index contributed by atoms with van der Waals surface area (Å²) in [7, 11) is 0. The Morgan fingerprint density at radius 2 is 1.93 bits per heavy atom. The number of amides is 1. The summed E-state index contributed by atoms with van der Waals surface area (Å²) in [6.45, 7) is 6.00. The van der Waals surface area contributed by atoms with Gasteiger partial charge in [-0.05, 0) is 55.7 Å². The van der Waals surface area contributed by atoms with Crippen LogP contribution in [0.2, 0.25) is 5.02 Å². The Kier molecular flexibility index (Phi) is 6.31. The van der Waals surface area contributed by atoms with Crippen molar-refractivity contribution in [3.05, 3.63) is 64.5 Å². The van der Waals surface area contributed by atoms with E-state index < -0.39 is 6.10 Å². The normalized spacial score (nSPS) is 11.9. The first-order valence-corrected chi connectivity index (χ1v) is 9.44. The number of rotatable bonds is 7. The van der Waals surface area contributed by atoms with Crippen LogP contribution in [-0.4, -0.2) is 22.2 Å². The van der Waals surface area contributed by atoms with Crippen LogP contribution < -0.4 is 10.1 Å². The molecule has 1 heterocycles. The lowest BCUT2D eigenvalue weighted by Gasteiger charge is -2.17. The van der Waals surface area contributed by atoms with Crippen LogP contribution in [0.3, 0.4) is 0 Å². The number of aromatic nitrogens is 2. The number of ether oxygens (including phenoxy) is 1. The fourth-order valence-corrected chi connectivity index (χ4v) is 3.06. The number of hydrogen-bond donors (Lipinski definition) is 1. The van der Waals surface area contributed by atoms with E-state index in [4.69, 9.17) is 20.9 Å². The molecular weight excluding hydrogens is 378 g/mol. The Morgan fingerprint density at radius 1 is 1.21 bits per heavy atom. The molecule has 1 aromatic heterocycles. The molecule has 1 unspecified atom stereocenters. The molecule has 146 valence electrons. The highest BCUT2D eigenvalue weighted by Gasteiger charge is 2.20. The molecule has 3 aromatic rings. The van der Waals surface area contributed by atoms with E-state index in [1.807, 2.05) is 45.0 Å². The third kappa shape index (κ3) is 4.89. The Labute approximate surface area is 168 Å². The molecule has 0 bridgehead atoms. The molecule has 0 fully saturated rings. The molecule has 2 aromatic carbocycles. The second-order valence-corrected chi connectivity index (χ2v) is 6.95. The maximum absolute atomic E-state index is 12.5. The summed E-state index contributed by atoms with van der Waals surface area (Å²) >= 11 is 6.15. The molecule has 7 heteroatoms. The van der Waals surface area contributed by atoms with Crippen LogP contribution in [0.1, 0.15) is 30.4 Å². The predicted molar refractivity (Wildman–Crippen MR) is 107 cm³/mol. The second kappa shape index (κ2) is 8.89. The Hall–Kier alpha value is -2.86. The smallest absolute Gasteiger partial charge is 0.261 e.